The van der Waals surface area contributed by atoms with Crippen molar-refractivity contribution in [1.29, 1.82) is 0 Å². The fraction of sp³-hybridized carbons (Fsp3) is 0.636. The number of nitrogens with one attached hydrogen (secondary N) is 1. The number of aliphatic hydroxyl groups is 1. The number of rotatable bonds is 6. The van der Waals surface area contributed by atoms with Crippen LogP contribution in [-0.4, -0.2) is 39.2 Å². The number of nitrogens with zero attached hydrogens (tertiary/aromatic N) is 2. The lowest BCUT2D eigenvalue weighted by molar-refractivity contribution is 0.101. The van der Waals surface area contributed by atoms with E-state index >= 15 is 0 Å². The maximum Gasteiger partial charge on any atom is 0.245 e. The summed E-state index contributed by atoms with van der Waals surface area (Å²) in [5.74, 6) is 0.481. The molecule has 2 atom stereocenters. The molecule has 1 heterocycles. The molecule has 5 nitrogen and oxygen atoms in total. The maximum absolute atomic E-state index is 9.73. The Morgan fingerprint density at radius 2 is 2.53 bits per heavy atom. The van der Waals surface area contributed by atoms with Crippen molar-refractivity contribution in [1.82, 2.24) is 14.1 Å². The molecular weight excluding hydrogens is 238 g/mol. The van der Waals surface area contributed by atoms with Crippen LogP contribution in [-0.2, 0) is 0 Å². The highest BCUT2D eigenvalue weighted by molar-refractivity contribution is 6.99. The van der Waals surface area contributed by atoms with E-state index in [1.54, 1.807) is 6.20 Å². The van der Waals surface area contributed by atoms with Crippen molar-refractivity contribution in [2.24, 2.45) is 0 Å². The third kappa shape index (κ3) is 4.41. The predicted molar refractivity (Wildman–Crippen MR) is 66.2 cm³/mol. The molecular formula is C11H17N3O2S. The lowest BCUT2D eigenvalue weighted by atomic mass is 10.0. The minimum absolute atomic E-state index is 0.251. The Morgan fingerprint density at radius 1 is 1.59 bits per heavy atom. The second-order valence-corrected chi connectivity index (χ2v) is 4.66. The number of ether oxygens (including phenoxy) is 1. The summed E-state index contributed by atoms with van der Waals surface area (Å²) in [5.41, 5.74) is 0. The molecule has 1 aromatic rings. The monoisotopic (exact) mass is 255 g/mol. The van der Waals surface area contributed by atoms with Gasteiger partial charge < -0.3 is 15.2 Å². The second-order valence-electron chi connectivity index (χ2n) is 4.10. The lowest BCUT2D eigenvalue weighted by Crippen LogP contribution is -2.38. The van der Waals surface area contributed by atoms with Gasteiger partial charge in [-0.1, -0.05) is 12.2 Å². The van der Waals surface area contributed by atoms with Crippen LogP contribution in [0.5, 0.6) is 5.88 Å². The molecule has 94 valence electrons. The Morgan fingerprint density at radius 3 is 3.24 bits per heavy atom. The number of hydrogen-bond acceptors (Lipinski definition) is 6. The van der Waals surface area contributed by atoms with Gasteiger partial charge in [0.05, 0.1) is 11.7 Å². The van der Waals surface area contributed by atoms with Crippen LogP contribution in [0.3, 0.4) is 0 Å². The Kier molecular flexibility index (Phi) is 4.90. The number of hydrogen-bond donors (Lipinski definition) is 2. The Balaban J connectivity index is 1.60. The van der Waals surface area contributed by atoms with E-state index in [1.807, 2.05) is 0 Å². The third-order valence-corrected chi connectivity index (χ3v) is 3.14. The number of aliphatic hydroxyl groups excluding tert-OH is 1. The van der Waals surface area contributed by atoms with Crippen LogP contribution >= 0.6 is 11.7 Å². The second kappa shape index (κ2) is 6.68. The van der Waals surface area contributed by atoms with Crippen LogP contribution in [0.1, 0.15) is 19.3 Å². The number of allylic oxidation sites excluding steroid dienone is 1. The molecule has 6 heteroatoms. The minimum atomic E-state index is -0.511. The first kappa shape index (κ1) is 12.5. The molecule has 0 fully saturated rings. The first-order chi connectivity index (χ1) is 8.34. The normalized spacial score (nSPS) is 21.4. The minimum Gasteiger partial charge on any atom is -0.473 e. The van der Waals surface area contributed by atoms with Crippen molar-refractivity contribution in [2.75, 3.05) is 13.2 Å². The zero-order valence-electron chi connectivity index (χ0n) is 9.58. The zero-order chi connectivity index (χ0) is 11.9. The molecule has 2 unspecified atom stereocenters. The zero-order valence-corrected chi connectivity index (χ0v) is 10.4. The van der Waals surface area contributed by atoms with E-state index in [-0.39, 0.29) is 6.61 Å². The van der Waals surface area contributed by atoms with Gasteiger partial charge in [-0.25, -0.2) is 0 Å². The smallest absolute Gasteiger partial charge is 0.245 e. The standard InChI is InChI=1S/C11H17N3O2S/c15-10(8-16-11-7-13-17-14-11)6-12-9-4-2-1-3-5-9/h1-2,7,9-10,12,15H,3-6,8H2. The Hall–Kier alpha value is -0.980. The van der Waals surface area contributed by atoms with Crippen molar-refractivity contribution in [2.45, 2.75) is 31.4 Å². The highest BCUT2D eigenvalue weighted by atomic mass is 32.1. The van der Waals surface area contributed by atoms with Crippen LogP contribution in [0.15, 0.2) is 18.3 Å². The molecule has 1 aliphatic carbocycles. The van der Waals surface area contributed by atoms with E-state index in [1.165, 1.54) is 0 Å². The molecule has 1 aromatic heterocycles. The topological polar surface area (TPSA) is 67.3 Å². The Bertz CT molecular complexity index is 342. The van der Waals surface area contributed by atoms with Crippen LogP contribution in [0.4, 0.5) is 0 Å². The molecule has 0 spiro atoms. The summed E-state index contributed by atoms with van der Waals surface area (Å²) >= 11 is 1.10. The summed E-state index contributed by atoms with van der Waals surface area (Å²) in [6, 6.07) is 0.482. The quantitative estimate of drug-likeness (QED) is 0.742. The van der Waals surface area contributed by atoms with E-state index < -0.39 is 6.10 Å². The van der Waals surface area contributed by atoms with E-state index in [4.69, 9.17) is 4.74 Å². The molecule has 1 aliphatic rings. The van der Waals surface area contributed by atoms with E-state index in [9.17, 15) is 5.11 Å². The summed E-state index contributed by atoms with van der Waals surface area (Å²) in [6.07, 6.45) is 8.73. The average Bonchev–Trinajstić information content (AvgIpc) is 2.88. The molecule has 2 rings (SSSR count). The van der Waals surface area contributed by atoms with Crippen LogP contribution in [0.25, 0.3) is 0 Å². The van der Waals surface area contributed by atoms with Crippen molar-refractivity contribution >= 4 is 11.7 Å². The van der Waals surface area contributed by atoms with Crippen molar-refractivity contribution in [3.8, 4) is 5.88 Å². The molecule has 2 N–H and O–H groups in total. The fourth-order valence-electron chi connectivity index (χ4n) is 1.74. The maximum atomic E-state index is 9.73. The molecule has 0 saturated heterocycles. The van der Waals surface area contributed by atoms with Gasteiger partial charge in [0.25, 0.3) is 0 Å². The molecule has 0 aromatic carbocycles. The molecule has 0 saturated carbocycles. The third-order valence-electron chi connectivity index (χ3n) is 2.68. The summed E-state index contributed by atoms with van der Waals surface area (Å²) in [6.45, 7) is 0.803. The molecule has 0 bridgehead atoms. The van der Waals surface area contributed by atoms with Crippen LogP contribution in [0.2, 0.25) is 0 Å². The highest BCUT2D eigenvalue weighted by Crippen LogP contribution is 2.10. The highest BCUT2D eigenvalue weighted by Gasteiger charge is 2.12. The molecule has 0 aliphatic heterocycles. The first-order valence-corrected chi connectivity index (χ1v) is 6.54. The van der Waals surface area contributed by atoms with Gasteiger partial charge in [0.15, 0.2) is 0 Å². The van der Waals surface area contributed by atoms with E-state index in [2.05, 4.69) is 26.2 Å². The van der Waals surface area contributed by atoms with Gasteiger partial charge >= 0.3 is 0 Å². The van der Waals surface area contributed by atoms with Gasteiger partial charge in [0.1, 0.15) is 18.9 Å². The van der Waals surface area contributed by atoms with Crippen molar-refractivity contribution < 1.29 is 9.84 Å². The average molecular weight is 255 g/mol. The molecule has 0 amide bonds. The van der Waals surface area contributed by atoms with Gasteiger partial charge in [-0.05, 0) is 19.3 Å². The van der Waals surface area contributed by atoms with Gasteiger partial charge in [-0.3, -0.25) is 0 Å². The SMILES string of the molecule is OC(CNC1CC=CCC1)COc1cnsn1. The summed E-state index contributed by atoms with van der Waals surface area (Å²) in [5, 5.41) is 13.1. The van der Waals surface area contributed by atoms with Gasteiger partial charge in [0, 0.05) is 12.6 Å². The first-order valence-electron chi connectivity index (χ1n) is 5.81. The van der Waals surface area contributed by atoms with E-state index in [0.717, 1.165) is 31.0 Å². The van der Waals surface area contributed by atoms with Crippen LogP contribution < -0.4 is 10.1 Å². The summed E-state index contributed by atoms with van der Waals surface area (Å²) in [7, 11) is 0. The van der Waals surface area contributed by atoms with Gasteiger partial charge in [0.2, 0.25) is 5.88 Å². The Labute approximate surface area is 105 Å². The lowest BCUT2D eigenvalue weighted by Gasteiger charge is -2.21. The summed E-state index contributed by atoms with van der Waals surface area (Å²) < 4.78 is 13.0. The molecule has 0 radical (unpaired) electrons. The van der Waals surface area contributed by atoms with Crippen LogP contribution in [0, 0.1) is 0 Å². The van der Waals surface area contributed by atoms with Gasteiger partial charge in [-0.2, -0.15) is 4.37 Å². The van der Waals surface area contributed by atoms with Crippen molar-refractivity contribution in [3.05, 3.63) is 18.3 Å². The van der Waals surface area contributed by atoms with E-state index in [0.29, 0.717) is 18.5 Å². The number of aromatic nitrogens is 2. The molecule has 17 heavy (non-hydrogen) atoms. The largest absolute Gasteiger partial charge is 0.473 e. The van der Waals surface area contributed by atoms with Crippen molar-refractivity contribution in [3.63, 3.8) is 0 Å². The summed E-state index contributed by atoms with van der Waals surface area (Å²) in [4.78, 5) is 0. The fourth-order valence-corrected chi connectivity index (χ4v) is 2.11. The predicted octanol–water partition coefficient (Wildman–Crippen LogP) is 0.976. The van der Waals surface area contributed by atoms with Gasteiger partial charge in [-0.15, -0.1) is 4.37 Å².